The zero-order valence-corrected chi connectivity index (χ0v) is 8.35. The molecule has 1 fully saturated rings. The zero-order valence-electron chi connectivity index (χ0n) is 8.35. The van der Waals surface area contributed by atoms with Gasteiger partial charge in [0.1, 0.15) is 0 Å². The molecule has 1 saturated heterocycles. The molecule has 0 radical (unpaired) electrons. The lowest BCUT2D eigenvalue weighted by atomic mass is 10.2. The molecule has 0 bridgehead atoms. The van der Waals surface area contributed by atoms with Crippen LogP contribution in [0.3, 0.4) is 0 Å². The second-order valence-electron chi connectivity index (χ2n) is 3.64. The van der Waals surface area contributed by atoms with Crippen LogP contribution in [0.2, 0.25) is 0 Å². The van der Waals surface area contributed by atoms with Crippen LogP contribution in [0.5, 0.6) is 0 Å². The molecule has 78 valence electrons. The van der Waals surface area contributed by atoms with Gasteiger partial charge >= 0.3 is 0 Å². The smallest absolute Gasteiger partial charge is 0.230 e. The highest BCUT2D eigenvalue weighted by Crippen LogP contribution is 2.08. The number of carbonyl (C=O) groups excluding carboxylic acids is 2. The number of likely N-dealkylation sites (tertiary alicyclic amines) is 1. The molecule has 0 spiro atoms. The minimum absolute atomic E-state index is 0.0229. The predicted octanol–water partition coefficient (Wildman–Crippen LogP) is 0.425. The first-order valence-corrected chi connectivity index (χ1v) is 4.94. The third-order valence-electron chi connectivity index (χ3n) is 2.49. The average molecular weight is 204 g/mol. The molecule has 15 heavy (non-hydrogen) atoms. The Hall–Kier alpha value is -1.71. The summed E-state index contributed by atoms with van der Waals surface area (Å²) < 4.78 is 0. The van der Waals surface area contributed by atoms with Crippen molar-refractivity contribution in [2.45, 2.75) is 12.8 Å². The fourth-order valence-corrected chi connectivity index (χ4v) is 1.65. The molecule has 1 aromatic heterocycles. The van der Waals surface area contributed by atoms with Gasteiger partial charge in [-0.05, 0) is 24.1 Å². The molecule has 1 aliphatic heterocycles. The average Bonchev–Trinajstić information content (AvgIpc) is 2.56. The van der Waals surface area contributed by atoms with E-state index in [9.17, 15) is 9.59 Å². The summed E-state index contributed by atoms with van der Waals surface area (Å²) in [6.45, 7) is 0.901. The van der Waals surface area contributed by atoms with Crippen molar-refractivity contribution >= 4 is 11.7 Å². The van der Waals surface area contributed by atoms with Gasteiger partial charge in [0, 0.05) is 18.9 Å². The predicted molar refractivity (Wildman–Crippen MR) is 54.1 cm³/mol. The quantitative estimate of drug-likeness (QED) is 0.671. The van der Waals surface area contributed by atoms with Gasteiger partial charge < -0.3 is 4.90 Å². The SMILES string of the molecule is O=C1CC(=O)N(CCc2ccncc2)C1. The van der Waals surface area contributed by atoms with Crippen molar-refractivity contribution < 1.29 is 9.59 Å². The van der Waals surface area contributed by atoms with Crippen LogP contribution in [-0.4, -0.2) is 34.7 Å². The molecule has 0 unspecified atom stereocenters. The maximum atomic E-state index is 11.3. The molecule has 0 N–H and O–H groups in total. The highest BCUT2D eigenvalue weighted by molar-refractivity contribution is 6.05. The Morgan fingerprint density at radius 3 is 2.60 bits per heavy atom. The highest BCUT2D eigenvalue weighted by Gasteiger charge is 2.26. The van der Waals surface area contributed by atoms with Gasteiger partial charge in [0.15, 0.2) is 5.78 Å². The lowest BCUT2D eigenvalue weighted by molar-refractivity contribution is -0.127. The summed E-state index contributed by atoms with van der Waals surface area (Å²) >= 11 is 0. The summed E-state index contributed by atoms with van der Waals surface area (Å²) in [6.07, 6.45) is 4.32. The van der Waals surface area contributed by atoms with E-state index in [0.717, 1.165) is 12.0 Å². The maximum absolute atomic E-state index is 11.3. The summed E-state index contributed by atoms with van der Waals surface area (Å²) in [6, 6.07) is 3.84. The second kappa shape index (κ2) is 4.21. The number of amides is 1. The minimum Gasteiger partial charge on any atom is -0.335 e. The van der Waals surface area contributed by atoms with Crippen molar-refractivity contribution in [2.24, 2.45) is 0 Å². The van der Waals surface area contributed by atoms with E-state index in [-0.39, 0.29) is 24.7 Å². The number of ketones is 1. The Balaban J connectivity index is 1.89. The first kappa shape index (κ1) is 9.83. The van der Waals surface area contributed by atoms with Crippen molar-refractivity contribution in [3.63, 3.8) is 0 Å². The summed E-state index contributed by atoms with van der Waals surface area (Å²) in [7, 11) is 0. The van der Waals surface area contributed by atoms with Crippen LogP contribution in [0, 0.1) is 0 Å². The van der Waals surface area contributed by atoms with Crippen LogP contribution in [0.4, 0.5) is 0 Å². The van der Waals surface area contributed by atoms with Crippen molar-refractivity contribution in [1.29, 1.82) is 0 Å². The van der Waals surface area contributed by atoms with Gasteiger partial charge in [-0.1, -0.05) is 0 Å². The van der Waals surface area contributed by atoms with Gasteiger partial charge in [-0.2, -0.15) is 0 Å². The van der Waals surface area contributed by atoms with Gasteiger partial charge in [-0.3, -0.25) is 14.6 Å². The number of rotatable bonds is 3. The first-order valence-electron chi connectivity index (χ1n) is 4.94. The Labute approximate surface area is 87.9 Å². The highest BCUT2D eigenvalue weighted by atomic mass is 16.2. The van der Waals surface area contributed by atoms with Crippen LogP contribution >= 0.6 is 0 Å². The number of pyridine rings is 1. The van der Waals surface area contributed by atoms with E-state index in [1.807, 2.05) is 12.1 Å². The third kappa shape index (κ3) is 2.40. The fraction of sp³-hybridized carbons (Fsp3) is 0.364. The van der Waals surface area contributed by atoms with E-state index in [1.165, 1.54) is 0 Å². The number of aromatic nitrogens is 1. The summed E-state index contributed by atoms with van der Waals surface area (Å²) in [5.41, 5.74) is 1.14. The van der Waals surface area contributed by atoms with E-state index in [0.29, 0.717) is 6.54 Å². The van der Waals surface area contributed by atoms with E-state index < -0.39 is 0 Å². The molecule has 4 heteroatoms. The minimum atomic E-state index is -0.0472. The first-order chi connectivity index (χ1) is 7.25. The second-order valence-corrected chi connectivity index (χ2v) is 3.64. The molecule has 2 heterocycles. The summed E-state index contributed by atoms with van der Waals surface area (Å²) in [4.78, 5) is 27.8. The molecule has 0 atom stereocenters. The van der Waals surface area contributed by atoms with E-state index in [4.69, 9.17) is 0 Å². The van der Waals surface area contributed by atoms with Crippen LogP contribution in [0.25, 0.3) is 0 Å². The summed E-state index contributed by atoms with van der Waals surface area (Å²) in [5.74, 6) is -0.0243. The van der Waals surface area contributed by atoms with Crippen molar-refractivity contribution in [2.75, 3.05) is 13.1 Å². The molecule has 1 aromatic rings. The van der Waals surface area contributed by atoms with Crippen LogP contribution in [-0.2, 0) is 16.0 Å². The number of Topliss-reactive ketones (excluding diaryl/α,β-unsaturated/α-hetero) is 1. The van der Waals surface area contributed by atoms with Gasteiger partial charge in [0.2, 0.25) is 5.91 Å². The fourth-order valence-electron chi connectivity index (χ4n) is 1.65. The molecule has 1 amide bonds. The maximum Gasteiger partial charge on any atom is 0.230 e. The summed E-state index contributed by atoms with van der Waals surface area (Å²) in [5, 5.41) is 0. The van der Waals surface area contributed by atoms with E-state index in [2.05, 4.69) is 4.98 Å². The molecule has 0 aliphatic carbocycles. The molecule has 2 rings (SSSR count). The van der Waals surface area contributed by atoms with E-state index in [1.54, 1.807) is 17.3 Å². The van der Waals surface area contributed by atoms with Crippen molar-refractivity contribution in [3.05, 3.63) is 30.1 Å². The lowest BCUT2D eigenvalue weighted by Crippen LogP contribution is -2.27. The van der Waals surface area contributed by atoms with Crippen LogP contribution < -0.4 is 0 Å². The molecular weight excluding hydrogens is 192 g/mol. The molecule has 0 aromatic carbocycles. The normalized spacial score (nSPS) is 16.1. The molecule has 0 saturated carbocycles. The van der Waals surface area contributed by atoms with Crippen LogP contribution in [0.1, 0.15) is 12.0 Å². The topological polar surface area (TPSA) is 50.3 Å². The molecule has 4 nitrogen and oxygen atoms in total. The lowest BCUT2D eigenvalue weighted by Gasteiger charge is -2.13. The molecule has 1 aliphatic rings. The van der Waals surface area contributed by atoms with Gasteiger partial charge in [-0.25, -0.2) is 0 Å². The van der Waals surface area contributed by atoms with Crippen molar-refractivity contribution in [1.82, 2.24) is 9.88 Å². The van der Waals surface area contributed by atoms with E-state index >= 15 is 0 Å². The Morgan fingerprint density at radius 1 is 1.27 bits per heavy atom. The Bertz CT molecular complexity index is 375. The Kier molecular flexibility index (Phi) is 2.76. The number of nitrogens with zero attached hydrogens (tertiary/aromatic N) is 2. The van der Waals surface area contributed by atoms with Gasteiger partial charge in [0.05, 0.1) is 13.0 Å². The van der Waals surface area contributed by atoms with Crippen LogP contribution in [0.15, 0.2) is 24.5 Å². The van der Waals surface area contributed by atoms with Gasteiger partial charge in [-0.15, -0.1) is 0 Å². The van der Waals surface area contributed by atoms with Crippen molar-refractivity contribution in [3.8, 4) is 0 Å². The number of hydrogen-bond acceptors (Lipinski definition) is 3. The molecular formula is C11H12N2O2. The number of carbonyl (C=O) groups is 2. The largest absolute Gasteiger partial charge is 0.335 e. The number of hydrogen-bond donors (Lipinski definition) is 0. The Morgan fingerprint density at radius 2 is 2.00 bits per heavy atom. The van der Waals surface area contributed by atoms with Gasteiger partial charge in [0.25, 0.3) is 0 Å². The standard InChI is InChI=1S/C11H12N2O2/c14-10-7-11(15)13(8-10)6-3-9-1-4-12-5-2-9/h1-2,4-5H,3,6-8H2. The third-order valence-corrected chi connectivity index (χ3v) is 2.49. The zero-order chi connectivity index (χ0) is 10.7. The monoisotopic (exact) mass is 204 g/mol.